The smallest absolute Gasteiger partial charge is 0.186 e. The van der Waals surface area contributed by atoms with Crippen LogP contribution in [0.4, 0.5) is 5.69 Å². The second-order valence-electron chi connectivity index (χ2n) is 9.93. The van der Waals surface area contributed by atoms with Crippen LogP contribution < -0.4 is 0 Å². The van der Waals surface area contributed by atoms with E-state index in [1.165, 1.54) is 0 Å². The molecular formula is C27H28Cl2N2O. The molecule has 0 heterocycles. The number of hydrogen-bond donors (Lipinski definition) is 0. The molecule has 0 amide bonds. The maximum Gasteiger partial charge on any atom is 0.186 e. The van der Waals surface area contributed by atoms with E-state index in [0.29, 0.717) is 21.4 Å². The van der Waals surface area contributed by atoms with Crippen molar-refractivity contribution in [1.29, 1.82) is 0 Å². The van der Waals surface area contributed by atoms with Gasteiger partial charge in [0, 0.05) is 32.3 Å². The van der Waals surface area contributed by atoms with Crippen LogP contribution in [-0.4, -0.2) is 5.78 Å². The highest BCUT2D eigenvalue weighted by Gasteiger charge is 2.34. The number of halogens is 2. The molecular weight excluding hydrogens is 439 g/mol. The number of benzene rings is 2. The van der Waals surface area contributed by atoms with Gasteiger partial charge in [-0.15, -0.1) is 5.11 Å². The fraction of sp³-hybridized carbons (Fsp3) is 0.296. The van der Waals surface area contributed by atoms with Crippen LogP contribution in [0.15, 0.2) is 87.6 Å². The maximum atomic E-state index is 13.3. The Morgan fingerprint density at radius 3 is 1.59 bits per heavy atom. The average molecular weight is 467 g/mol. The van der Waals surface area contributed by atoms with Gasteiger partial charge in [-0.25, -0.2) is 0 Å². The second-order valence-corrected chi connectivity index (χ2v) is 10.8. The lowest BCUT2D eigenvalue weighted by atomic mass is 9.71. The van der Waals surface area contributed by atoms with Gasteiger partial charge in [-0.3, -0.25) is 4.79 Å². The molecule has 1 aliphatic carbocycles. The summed E-state index contributed by atoms with van der Waals surface area (Å²) < 4.78 is 0. The fourth-order valence-electron chi connectivity index (χ4n) is 3.39. The van der Waals surface area contributed by atoms with Crippen LogP contribution in [0.3, 0.4) is 0 Å². The minimum absolute atomic E-state index is 0.0823. The molecule has 0 aliphatic heterocycles. The van der Waals surface area contributed by atoms with E-state index in [1.54, 1.807) is 12.1 Å². The molecule has 3 rings (SSSR count). The molecule has 5 heteroatoms. The maximum absolute atomic E-state index is 13.3. The lowest BCUT2D eigenvalue weighted by molar-refractivity contribution is -0.114. The quantitative estimate of drug-likeness (QED) is 0.415. The lowest BCUT2D eigenvalue weighted by Crippen LogP contribution is -2.28. The number of azo groups is 1. The first kappa shape index (κ1) is 24.2. The molecule has 0 spiro atoms. The summed E-state index contributed by atoms with van der Waals surface area (Å²) in [6.07, 6.45) is 3.89. The molecule has 0 N–H and O–H groups in total. The van der Waals surface area contributed by atoms with Gasteiger partial charge in [0.05, 0.1) is 5.69 Å². The predicted octanol–water partition coefficient (Wildman–Crippen LogP) is 9.02. The predicted molar refractivity (Wildman–Crippen MR) is 134 cm³/mol. The topological polar surface area (TPSA) is 41.8 Å². The van der Waals surface area contributed by atoms with Crippen LogP contribution in [0.1, 0.15) is 47.1 Å². The zero-order chi connectivity index (χ0) is 23.7. The number of carbonyl (C=O) groups is 1. The standard InChI is InChI=1S/C27H28Cl2N2O/c1-26(2,3)22-15-18(16-23(25(22)32)27(4,5)6)24(17-7-9-19(28)10-8-17)31-30-21-13-11-20(29)12-14-21/h7-16H,1-6H3. The first-order valence-corrected chi connectivity index (χ1v) is 11.3. The number of allylic oxidation sites excluding steroid dienone is 5. The van der Waals surface area contributed by atoms with Crippen LogP contribution in [0.2, 0.25) is 10.0 Å². The van der Waals surface area contributed by atoms with E-state index in [1.807, 2.05) is 48.6 Å². The highest BCUT2D eigenvalue weighted by Crippen LogP contribution is 2.41. The minimum atomic E-state index is -0.314. The zero-order valence-corrected chi connectivity index (χ0v) is 20.8. The number of carbonyl (C=O) groups excluding carboxylic acids is 1. The monoisotopic (exact) mass is 466 g/mol. The molecule has 3 nitrogen and oxygen atoms in total. The van der Waals surface area contributed by atoms with Crippen molar-refractivity contribution in [3.8, 4) is 0 Å². The zero-order valence-electron chi connectivity index (χ0n) is 19.3. The molecule has 1 aliphatic rings. The van der Waals surface area contributed by atoms with Crippen molar-refractivity contribution in [2.45, 2.75) is 41.5 Å². The number of Topliss-reactive ketones (excluding diaryl/α,β-unsaturated/α-hetero) is 1. The molecule has 0 bridgehead atoms. The Hall–Kier alpha value is -2.49. The van der Waals surface area contributed by atoms with E-state index in [4.69, 9.17) is 23.2 Å². The van der Waals surface area contributed by atoms with Crippen LogP contribution in [0.25, 0.3) is 5.70 Å². The van der Waals surface area contributed by atoms with Gasteiger partial charge in [-0.05, 0) is 59.4 Å². The summed E-state index contributed by atoms with van der Waals surface area (Å²) in [4.78, 5) is 13.3. The average Bonchev–Trinajstić information content (AvgIpc) is 2.70. The number of hydrogen-bond acceptors (Lipinski definition) is 3. The molecule has 0 saturated carbocycles. The molecule has 0 unspecified atom stereocenters. The molecule has 0 saturated heterocycles. The van der Waals surface area contributed by atoms with Crippen molar-refractivity contribution in [1.82, 2.24) is 0 Å². The minimum Gasteiger partial charge on any atom is -0.289 e. The van der Waals surface area contributed by atoms with Gasteiger partial charge < -0.3 is 0 Å². The van der Waals surface area contributed by atoms with Gasteiger partial charge in [0.25, 0.3) is 0 Å². The van der Waals surface area contributed by atoms with Crippen LogP contribution >= 0.6 is 23.2 Å². The van der Waals surface area contributed by atoms with Gasteiger partial charge in [-0.1, -0.05) is 76.9 Å². The first-order chi connectivity index (χ1) is 14.9. The van der Waals surface area contributed by atoms with Gasteiger partial charge in [0.15, 0.2) is 5.78 Å². The van der Waals surface area contributed by atoms with E-state index in [-0.39, 0.29) is 16.6 Å². The third-order valence-electron chi connectivity index (χ3n) is 5.19. The Morgan fingerprint density at radius 1 is 0.719 bits per heavy atom. The van der Waals surface area contributed by atoms with E-state index in [2.05, 4.69) is 51.8 Å². The number of rotatable bonds is 3. The van der Waals surface area contributed by atoms with E-state index in [9.17, 15) is 4.79 Å². The van der Waals surface area contributed by atoms with Gasteiger partial charge in [0.1, 0.15) is 5.70 Å². The number of ketones is 1. The SMILES string of the molecule is CC(C)(C)C1=CC(=C(N=Nc2ccc(Cl)cc2)c2ccc(Cl)cc2)C=C(C(C)(C)C)C1=O. The van der Waals surface area contributed by atoms with E-state index >= 15 is 0 Å². The summed E-state index contributed by atoms with van der Waals surface area (Å²) in [5.74, 6) is 0.0823. The van der Waals surface area contributed by atoms with Gasteiger partial charge in [-0.2, -0.15) is 5.11 Å². The molecule has 2 aromatic rings. The summed E-state index contributed by atoms with van der Waals surface area (Å²) in [5, 5.41) is 10.4. The van der Waals surface area contributed by atoms with Gasteiger partial charge >= 0.3 is 0 Å². The Labute approximate surface area is 200 Å². The molecule has 0 aromatic heterocycles. The van der Waals surface area contributed by atoms with Crippen LogP contribution in [0.5, 0.6) is 0 Å². The van der Waals surface area contributed by atoms with Crippen molar-refractivity contribution < 1.29 is 4.79 Å². The van der Waals surface area contributed by atoms with Crippen molar-refractivity contribution in [3.05, 3.63) is 93.0 Å². The Morgan fingerprint density at radius 2 is 1.16 bits per heavy atom. The van der Waals surface area contributed by atoms with E-state index in [0.717, 1.165) is 22.3 Å². The third kappa shape index (κ3) is 5.65. The summed E-state index contributed by atoms with van der Waals surface area (Å²) in [5.41, 5.74) is 3.96. The molecule has 32 heavy (non-hydrogen) atoms. The lowest BCUT2D eigenvalue weighted by Gasteiger charge is -2.31. The van der Waals surface area contributed by atoms with Gasteiger partial charge in [0.2, 0.25) is 0 Å². The molecule has 0 atom stereocenters. The summed E-state index contributed by atoms with van der Waals surface area (Å²) in [6.45, 7) is 12.3. The summed E-state index contributed by atoms with van der Waals surface area (Å²) >= 11 is 12.1. The molecule has 2 aromatic carbocycles. The summed E-state index contributed by atoms with van der Waals surface area (Å²) in [6, 6.07) is 14.7. The second kappa shape index (κ2) is 9.17. The number of nitrogens with zero attached hydrogens (tertiary/aromatic N) is 2. The summed E-state index contributed by atoms with van der Waals surface area (Å²) in [7, 11) is 0. The van der Waals surface area contributed by atoms with Crippen LogP contribution in [-0.2, 0) is 4.79 Å². The molecule has 0 radical (unpaired) electrons. The van der Waals surface area contributed by atoms with Crippen molar-refractivity contribution >= 4 is 40.4 Å². The largest absolute Gasteiger partial charge is 0.289 e. The Bertz CT molecular complexity index is 1100. The molecule has 0 fully saturated rings. The Balaban J connectivity index is 2.27. The first-order valence-electron chi connectivity index (χ1n) is 10.5. The normalized spacial score (nSPS) is 15.1. The molecule has 166 valence electrons. The third-order valence-corrected chi connectivity index (χ3v) is 5.69. The Kier molecular flexibility index (Phi) is 6.92. The van der Waals surface area contributed by atoms with Crippen LogP contribution in [0, 0.1) is 10.8 Å². The van der Waals surface area contributed by atoms with Crippen molar-refractivity contribution in [2.24, 2.45) is 21.1 Å². The highest BCUT2D eigenvalue weighted by molar-refractivity contribution is 6.30. The van der Waals surface area contributed by atoms with Crippen molar-refractivity contribution in [2.75, 3.05) is 0 Å². The fourth-order valence-corrected chi connectivity index (χ4v) is 3.64. The van der Waals surface area contributed by atoms with Crippen molar-refractivity contribution in [3.63, 3.8) is 0 Å². The highest BCUT2D eigenvalue weighted by atomic mass is 35.5. The van der Waals surface area contributed by atoms with E-state index < -0.39 is 0 Å².